The van der Waals surface area contributed by atoms with Crippen molar-refractivity contribution in [3.8, 4) is 11.8 Å². The summed E-state index contributed by atoms with van der Waals surface area (Å²) in [5.74, 6) is 0.171. The number of nitriles is 1. The van der Waals surface area contributed by atoms with Crippen LogP contribution in [0.2, 0.25) is 0 Å². The lowest BCUT2D eigenvalue weighted by Crippen LogP contribution is -2.40. The van der Waals surface area contributed by atoms with Crippen LogP contribution in [0.4, 0.5) is 4.79 Å². The summed E-state index contributed by atoms with van der Waals surface area (Å²) in [7, 11) is 1.53. The normalized spacial score (nSPS) is 16.0. The van der Waals surface area contributed by atoms with Crippen LogP contribution in [0.1, 0.15) is 5.56 Å². The summed E-state index contributed by atoms with van der Waals surface area (Å²) in [6, 6.07) is 8.01. The second kappa shape index (κ2) is 6.24. The first-order valence-corrected chi connectivity index (χ1v) is 6.37. The Balaban J connectivity index is 1.84. The van der Waals surface area contributed by atoms with E-state index >= 15 is 0 Å². The Kier molecular flexibility index (Phi) is 4.40. The molecule has 1 aromatic rings. The molecule has 21 heavy (non-hydrogen) atoms. The van der Waals surface area contributed by atoms with E-state index in [2.05, 4.69) is 0 Å². The number of aliphatic hydroxyl groups excluding tert-OH is 1. The van der Waals surface area contributed by atoms with Gasteiger partial charge in [0.25, 0.3) is 0 Å². The lowest BCUT2D eigenvalue weighted by Gasteiger charge is -2.18. The SMILES string of the molecule is CN1CC(=O)N(CC(O)COc2ccc(C#N)cc2)C1=O. The Hall–Kier alpha value is -2.59. The van der Waals surface area contributed by atoms with Crippen molar-refractivity contribution in [1.29, 1.82) is 5.26 Å². The van der Waals surface area contributed by atoms with Crippen molar-refractivity contribution in [3.63, 3.8) is 0 Å². The lowest BCUT2D eigenvalue weighted by atomic mass is 10.2. The van der Waals surface area contributed by atoms with Crippen molar-refractivity contribution in [1.82, 2.24) is 9.80 Å². The molecule has 3 amide bonds. The van der Waals surface area contributed by atoms with Crippen LogP contribution in [0.5, 0.6) is 5.75 Å². The molecule has 1 heterocycles. The van der Waals surface area contributed by atoms with Gasteiger partial charge in [0.05, 0.1) is 18.2 Å². The summed E-state index contributed by atoms with van der Waals surface area (Å²) in [5.41, 5.74) is 0.513. The fourth-order valence-corrected chi connectivity index (χ4v) is 1.93. The molecule has 0 saturated carbocycles. The number of benzene rings is 1. The Morgan fingerprint density at radius 3 is 2.57 bits per heavy atom. The molecule has 1 N–H and O–H groups in total. The summed E-state index contributed by atoms with van der Waals surface area (Å²) >= 11 is 0. The Bertz CT molecular complexity index is 579. The minimum atomic E-state index is -0.972. The molecule has 0 bridgehead atoms. The molecule has 1 fully saturated rings. The third-order valence-corrected chi connectivity index (χ3v) is 3.05. The van der Waals surface area contributed by atoms with Gasteiger partial charge in [0.2, 0.25) is 5.91 Å². The Morgan fingerprint density at radius 2 is 2.05 bits per heavy atom. The molecular weight excluding hydrogens is 274 g/mol. The van der Waals surface area contributed by atoms with Gasteiger partial charge in [0, 0.05) is 7.05 Å². The molecule has 2 rings (SSSR count). The van der Waals surface area contributed by atoms with E-state index in [0.29, 0.717) is 11.3 Å². The van der Waals surface area contributed by atoms with Crippen molar-refractivity contribution in [2.24, 2.45) is 0 Å². The number of carbonyl (C=O) groups excluding carboxylic acids is 2. The number of urea groups is 1. The molecule has 1 saturated heterocycles. The molecule has 0 aliphatic carbocycles. The molecule has 1 aliphatic heterocycles. The lowest BCUT2D eigenvalue weighted by molar-refractivity contribution is -0.126. The number of ether oxygens (including phenoxy) is 1. The number of hydrogen-bond donors (Lipinski definition) is 1. The van der Waals surface area contributed by atoms with Crippen LogP contribution in [0.25, 0.3) is 0 Å². The van der Waals surface area contributed by atoms with Crippen LogP contribution in [0.15, 0.2) is 24.3 Å². The minimum absolute atomic E-state index is 0.0298. The number of likely N-dealkylation sites (N-methyl/N-ethyl adjacent to an activating group) is 1. The van der Waals surface area contributed by atoms with Crippen molar-refractivity contribution in [3.05, 3.63) is 29.8 Å². The average Bonchev–Trinajstić information content (AvgIpc) is 2.72. The van der Waals surface area contributed by atoms with Crippen molar-refractivity contribution in [2.75, 3.05) is 26.7 Å². The molecule has 1 aromatic carbocycles. The molecule has 7 heteroatoms. The third-order valence-electron chi connectivity index (χ3n) is 3.05. The summed E-state index contributed by atoms with van der Waals surface area (Å²) < 4.78 is 5.35. The van der Waals surface area contributed by atoms with Gasteiger partial charge in [-0.2, -0.15) is 5.26 Å². The first-order valence-electron chi connectivity index (χ1n) is 6.37. The van der Waals surface area contributed by atoms with E-state index in [-0.39, 0.29) is 25.6 Å². The number of rotatable bonds is 5. The van der Waals surface area contributed by atoms with E-state index in [4.69, 9.17) is 10.00 Å². The highest BCUT2D eigenvalue weighted by Crippen LogP contribution is 2.13. The Labute approximate surface area is 121 Å². The molecule has 7 nitrogen and oxygen atoms in total. The van der Waals surface area contributed by atoms with Crippen LogP contribution in [0.3, 0.4) is 0 Å². The summed E-state index contributed by atoms with van der Waals surface area (Å²) in [5, 5.41) is 18.5. The van der Waals surface area contributed by atoms with E-state index in [1.54, 1.807) is 24.3 Å². The smallest absolute Gasteiger partial charge is 0.327 e. The van der Waals surface area contributed by atoms with Crippen LogP contribution in [-0.4, -0.2) is 59.7 Å². The molecule has 1 aliphatic rings. The van der Waals surface area contributed by atoms with Gasteiger partial charge in [-0.1, -0.05) is 0 Å². The number of hydrogen-bond acceptors (Lipinski definition) is 5. The quantitative estimate of drug-likeness (QED) is 0.781. The molecule has 0 radical (unpaired) electrons. The van der Waals surface area contributed by atoms with E-state index < -0.39 is 12.1 Å². The van der Waals surface area contributed by atoms with Gasteiger partial charge in [-0.3, -0.25) is 9.69 Å². The minimum Gasteiger partial charge on any atom is -0.491 e. The van der Waals surface area contributed by atoms with E-state index in [1.807, 2.05) is 6.07 Å². The predicted octanol–water partition coefficient (Wildman–Crippen LogP) is 0.192. The van der Waals surface area contributed by atoms with Crippen LogP contribution < -0.4 is 4.74 Å². The zero-order valence-corrected chi connectivity index (χ0v) is 11.5. The highest BCUT2D eigenvalue weighted by molar-refractivity contribution is 6.01. The van der Waals surface area contributed by atoms with Crippen LogP contribution in [0, 0.1) is 11.3 Å². The molecule has 1 unspecified atom stereocenters. The number of aliphatic hydroxyl groups is 1. The van der Waals surface area contributed by atoms with E-state index in [9.17, 15) is 14.7 Å². The predicted molar refractivity (Wildman–Crippen MR) is 72.4 cm³/mol. The highest BCUT2D eigenvalue weighted by Gasteiger charge is 2.34. The highest BCUT2D eigenvalue weighted by atomic mass is 16.5. The number of carbonyl (C=O) groups is 2. The number of β-amino-alcohol motifs (C(OH)–C–C–N with tert-alkyl or cyclic N) is 1. The molecule has 1 atom stereocenters. The van der Waals surface area contributed by atoms with Gasteiger partial charge in [-0.05, 0) is 24.3 Å². The van der Waals surface area contributed by atoms with Crippen molar-refractivity contribution < 1.29 is 19.4 Å². The zero-order valence-electron chi connectivity index (χ0n) is 11.5. The summed E-state index contributed by atoms with van der Waals surface area (Å²) in [6.07, 6.45) is -0.972. The fourth-order valence-electron chi connectivity index (χ4n) is 1.93. The first-order chi connectivity index (χ1) is 10.0. The third kappa shape index (κ3) is 3.49. The molecule has 0 spiro atoms. The fraction of sp³-hybridized carbons (Fsp3) is 0.357. The van der Waals surface area contributed by atoms with Crippen LogP contribution in [-0.2, 0) is 4.79 Å². The van der Waals surface area contributed by atoms with Gasteiger partial charge >= 0.3 is 6.03 Å². The maximum absolute atomic E-state index is 11.6. The second-order valence-corrected chi connectivity index (χ2v) is 4.74. The first kappa shape index (κ1) is 14.8. The van der Waals surface area contributed by atoms with Crippen LogP contribution >= 0.6 is 0 Å². The summed E-state index contributed by atoms with van der Waals surface area (Å²) in [4.78, 5) is 25.5. The molecule has 0 aromatic heterocycles. The Morgan fingerprint density at radius 1 is 1.38 bits per heavy atom. The topological polar surface area (TPSA) is 93.9 Å². The maximum Gasteiger partial charge on any atom is 0.327 e. The maximum atomic E-state index is 11.6. The van der Waals surface area contributed by atoms with E-state index in [1.165, 1.54) is 11.9 Å². The largest absolute Gasteiger partial charge is 0.491 e. The van der Waals surface area contributed by atoms with Gasteiger partial charge in [0.15, 0.2) is 0 Å². The average molecular weight is 289 g/mol. The standard InChI is InChI=1S/C14H15N3O4/c1-16-8-13(19)17(14(16)20)7-11(18)9-21-12-4-2-10(6-15)3-5-12/h2-5,11,18H,7-9H2,1H3. The number of amides is 3. The van der Waals surface area contributed by atoms with Crippen molar-refractivity contribution in [2.45, 2.75) is 6.10 Å². The zero-order chi connectivity index (χ0) is 15.4. The molecular formula is C14H15N3O4. The van der Waals surface area contributed by atoms with Gasteiger partial charge in [-0.15, -0.1) is 0 Å². The van der Waals surface area contributed by atoms with Gasteiger partial charge in [0.1, 0.15) is 25.0 Å². The number of nitrogens with zero attached hydrogens (tertiary/aromatic N) is 3. The summed E-state index contributed by atoms with van der Waals surface area (Å²) in [6.45, 7) is -0.118. The van der Waals surface area contributed by atoms with E-state index in [0.717, 1.165) is 4.90 Å². The van der Waals surface area contributed by atoms with Crippen molar-refractivity contribution >= 4 is 11.9 Å². The van der Waals surface area contributed by atoms with Gasteiger partial charge < -0.3 is 14.7 Å². The second-order valence-electron chi connectivity index (χ2n) is 4.74. The molecule has 110 valence electrons. The van der Waals surface area contributed by atoms with Gasteiger partial charge in [-0.25, -0.2) is 4.79 Å². The monoisotopic (exact) mass is 289 g/mol. The number of imide groups is 1.